The third kappa shape index (κ3) is 3.01. The van der Waals surface area contributed by atoms with Gasteiger partial charge in [0.05, 0.1) is 24.6 Å². The van der Waals surface area contributed by atoms with E-state index in [1.165, 1.54) is 24.1 Å². The highest BCUT2D eigenvalue weighted by molar-refractivity contribution is 6.02. The number of amides is 1. The van der Waals surface area contributed by atoms with Crippen LogP contribution in [-0.4, -0.2) is 23.6 Å². The average molecular weight is 350 g/mol. The van der Waals surface area contributed by atoms with Gasteiger partial charge in [-0.25, -0.2) is 4.79 Å². The molecule has 0 aliphatic carbocycles. The highest BCUT2D eigenvalue weighted by Gasteiger charge is 2.22. The number of esters is 1. The molecule has 0 fully saturated rings. The summed E-state index contributed by atoms with van der Waals surface area (Å²) in [7, 11) is 1.23. The summed E-state index contributed by atoms with van der Waals surface area (Å²) in [5, 5.41) is 11.9. The van der Waals surface area contributed by atoms with Crippen LogP contribution in [0.2, 0.25) is 0 Å². The van der Waals surface area contributed by atoms with Crippen LogP contribution >= 0.6 is 0 Å². The minimum absolute atomic E-state index is 0.0318. The minimum atomic E-state index is -0.672. The zero-order valence-corrected chi connectivity index (χ0v) is 13.7. The number of carbonyl (C=O) groups is 2. The van der Waals surface area contributed by atoms with Crippen LogP contribution in [0, 0.1) is 11.3 Å². The van der Waals surface area contributed by atoms with E-state index < -0.39 is 11.9 Å². The molecule has 1 aromatic carbocycles. The molecule has 0 bridgehead atoms. The minimum Gasteiger partial charge on any atom is -0.464 e. The Morgan fingerprint density at radius 2 is 2.12 bits per heavy atom. The van der Waals surface area contributed by atoms with E-state index in [0.717, 1.165) is 0 Å². The number of nitrogen functional groups attached to an aromatic ring is 1. The number of nitrogens with two attached hydrogens (primary N) is 1. The molecule has 3 aromatic rings. The summed E-state index contributed by atoms with van der Waals surface area (Å²) in [6, 6.07) is 11.8. The van der Waals surface area contributed by atoms with Crippen LogP contribution in [0.3, 0.4) is 0 Å². The van der Waals surface area contributed by atoms with Crippen molar-refractivity contribution in [2.24, 2.45) is 0 Å². The second-order valence-electron chi connectivity index (χ2n) is 5.26. The average Bonchev–Trinajstić information content (AvgIpc) is 3.29. The summed E-state index contributed by atoms with van der Waals surface area (Å²) >= 11 is 0. The first kappa shape index (κ1) is 16.9. The van der Waals surface area contributed by atoms with Crippen molar-refractivity contribution in [2.75, 3.05) is 18.2 Å². The van der Waals surface area contributed by atoms with E-state index in [4.69, 9.17) is 14.9 Å². The van der Waals surface area contributed by atoms with Gasteiger partial charge in [0.25, 0.3) is 5.91 Å². The zero-order valence-electron chi connectivity index (χ0n) is 13.7. The van der Waals surface area contributed by atoms with Gasteiger partial charge < -0.3 is 24.8 Å². The van der Waals surface area contributed by atoms with Gasteiger partial charge in [-0.3, -0.25) is 4.79 Å². The molecule has 1 amide bonds. The Labute approximate surface area is 148 Å². The maximum absolute atomic E-state index is 12.1. The molecular formula is C18H14N4O4. The van der Waals surface area contributed by atoms with Crippen molar-refractivity contribution in [3.8, 4) is 11.8 Å². The lowest BCUT2D eigenvalue weighted by Crippen LogP contribution is -2.13. The number of anilines is 2. The van der Waals surface area contributed by atoms with E-state index in [1.54, 1.807) is 36.4 Å². The molecule has 0 unspecified atom stereocenters. The summed E-state index contributed by atoms with van der Waals surface area (Å²) in [4.78, 5) is 24.2. The number of methoxy groups -OCH3 is 1. The topological polar surface area (TPSA) is 123 Å². The fourth-order valence-corrected chi connectivity index (χ4v) is 2.45. The van der Waals surface area contributed by atoms with Crippen molar-refractivity contribution in [1.29, 1.82) is 5.26 Å². The normalized spacial score (nSPS) is 10.2. The number of nitrogens with zero attached hydrogens (tertiary/aromatic N) is 2. The number of aromatic nitrogens is 1. The second-order valence-corrected chi connectivity index (χ2v) is 5.26. The van der Waals surface area contributed by atoms with Crippen LogP contribution in [0.5, 0.6) is 0 Å². The van der Waals surface area contributed by atoms with Crippen molar-refractivity contribution in [3.05, 3.63) is 65.9 Å². The van der Waals surface area contributed by atoms with Crippen molar-refractivity contribution >= 4 is 23.3 Å². The first-order valence-corrected chi connectivity index (χ1v) is 7.49. The van der Waals surface area contributed by atoms with E-state index in [2.05, 4.69) is 5.32 Å². The van der Waals surface area contributed by atoms with Crippen LogP contribution < -0.4 is 11.1 Å². The Hall–Kier alpha value is -3.99. The zero-order chi connectivity index (χ0) is 18.7. The van der Waals surface area contributed by atoms with Gasteiger partial charge in [0.1, 0.15) is 6.07 Å². The number of nitriles is 1. The fourth-order valence-electron chi connectivity index (χ4n) is 2.45. The van der Waals surface area contributed by atoms with Gasteiger partial charge in [-0.05, 0) is 30.3 Å². The lowest BCUT2D eigenvalue weighted by Gasteiger charge is -2.10. The number of furan rings is 1. The monoisotopic (exact) mass is 350 g/mol. The second kappa shape index (κ2) is 6.86. The molecule has 0 saturated carbocycles. The van der Waals surface area contributed by atoms with E-state index in [9.17, 15) is 14.9 Å². The Morgan fingerprint density at radius 1 is 1.31 bits per heavy atom. The lowest BCUT2D eigenvalue weighted by atomic mass is 10.2. The Morgan fingerprint density at radius 3 is 2.77 bits per heavy atom. The van der Waals surface area contributed by atoms with Crippen molar-refractivity contribution in [1.82, 2.24) is 4.57 Å². The summed E-state index contributed by atoms with van der Waals surface area (Å²) in [5.74, 6) is -0.915. The molecule has 3 rings (SSSR count). The van der Waals surface area contributed by atoms with Crippen LogP contribution in [-0.2, 0) is 4.74 Å². The fraction of sp³-hybridized carbons (Fsp3) is 0.0556. The van der Waals surface area contributed by atoms with Crippen LogP contribution in [0.4, 0.5) is 11.4 Å². The first-order chi connectivity index (χ1) is 12.5. The lowest BCUT2D eigenvalue weighted by molar-refractivity contribution is 0.0593. The predicted octanol–water partition coefficient (Wildman–Crippen LogP) is 2.56. The number of ether oxygens (including phenoxy) is 1. The summed E-state index contributed by atoms with van der Waals surface area (Å²) < 4.78 is 11.2. The highest BCUT2D eigenvalue weighted by atomic mass is 16.5. The van der Waals surface area contributed by atoms with Gasteiger partial charge >= 0.3 is 5.97 Å². The molecule has 130 valence electrons. The molecule has 0 atom stereocenters. The molecule has 0 aliphatic rings. The number of hydrogen-bond acceptors (Lipinski definition) is 6. The molecule has 8 heteroatoms. The van der Waals surface area contributed by atoms with Crippen molar-refractivity contribution < 1.29 is 18.7 Å². The molecule has 3 N–H and O–H groups in total. The van der Waals surface area contributed by atoms with Gasteiger partial charge in [0.2, 0.25) is 0 Å². The van der Waals surface area contributed by atoms with E-state index in [1.807, 2.05) is 6.07 Å². The molecule has 2 aromatic heterocycles. The van der Waals surface area contributed by atoms with E-state index in [-0.39, 0.29) is 22.7 Å². The summed E-state index contributed by atoms with van der Waals surface area (Å²) in [6.07, 6.45) is 2.84. The van der Waals surface area contributed by atoms with Gasteiger partial charge in [0, 0.05) is 17.6 Å². The molecule has 0 radical (unpaired) electrons. The third-order valence-electron chi connectivity index (χ3n) is 3.67. The standard InChI is InChI=1S/C18H14N4O4/c1-25-18(24)16-15(20)11(9-19)10-22(16)13-5-2-4-12(8-13)21-17(23)14-6-3-7-26-14/h2-8,10H,20H2,1H3,(H,21,23). The smallest absolute Gasteiger partial charge is 0.357 e. The van der Waals surface area contributed by atoms with Gasteiger partial charge in [-0.2, -0.15) is 5.26 Å². The Bertz CT molecular complexity index is 1010. The molecule has 2 heterocycles. The quantitative estimate of drug-likeness (QED) is 0.697. The molecule has 0 spiro atoms. The van der Waals surface area contributed by atoms with Crippen molar-refractivity contribution in [3.63, 3.8) is 0 Å². The molecular weight excluding hydrogens is 336 g/mol. The molecule has 8 nitrogen and oxygen atoms in total. The SMILES string of the molecule is COC(=O)c1c(N)c(C#N)cn1-c1cccc(NC(=O)c2ccco2)c1. The molecule has 0 saturated heterocycles. The maximum Gasteiger partial charge on any atom is 0.357 e. The Balaban J connectivity index is 2.00. The number of hydrogen-bond donors (Lipinski definition) is 2. The van der Waals surface area contributed by atoms with Gasteiger partial charge in [-0.1, -0.05) is 6.07 Å². The summed E-state index contributed by atoms with van der Waals surface area (Å²) in [5.41, 5.74) is 7.11. The Kier molecular flexibility index (Phi) is 4.45. The number of rotatable bonds is 4. The van der Waals surface area contributed by atoms with Gasteiger partial charge in [0.15, 0.2) is 11.5 Å². The van der Waals surface area contributed by atoms with Gasteiger partial charge in [-0.15, -0.1) is 0 Å². The van der Waals surface area contributed by atoms with Crippen LogP contribution in [0.1, 0.15) is 26.6 Å². The largest absolute Gasteiger partial charge is 0.464 e. The number of nitrogens with one attached hydrogen (secondary N) is 1. The number of benzene rings is 1. The molecule has 0 aliphatic heterocycles. The first-order valence-electron chi connectivity index (χ1n) is 7.49. The van der Waals surface area contributed by atoms with Crippen molar-refractivity contribution in [2.45, 2.75) is 0 Å². The number of carbonyl (C=O) groups excluding carboxylic acids is 2. The third-order valence-corrected chi connectivity index (χ3v) is 3.67. The highest BCUT2D eigenvalue weighted by Crippen LogP contribution is 2.26. The molecule has 26 heavy (non-hydrogen) atoms. The predicted molar refractivity (Wildman–Crippen MR) is 92.9 cm³/mol. The van der Waals surface area contributed by atoms with Crippen LogP contribution in [0.25, 0.3) is 5.69 Å². The summed E-state index contributed by atoms with van der Waals surface area (Å²) in [6.45, 7) is 0. The maximum atomic E-state index is 12.1. The van der Waals surface area contributed by atoms with Crippen LogP contribution in [0.15, 0.2) is 53.3 Å². The van der Waals surface area contributed by atoms with E-state index in [0.29, 0.717) is 11.4 Å². The van der Waals surface area contributed by atoms with E-state index >= 15 is 0 Å².